The maximum Gasteiger partial charge on any atom is 0.408 e. The van der Waals surface area contributed by atoms with Gasteiger partial charge in [0.25, 0.3) is 5.91 Å². The number of carbonyl (C=O) groups excluding carboxylic acids is 3. The van der Waals surface area contributed by atoms with Crippen molar-refractivity contribution in [3.63, 3.8) is 0 Å². The van der Waals surface area contributed by atoms with Gasteiger partial charge in [-0.15, -0.1) is 0 Å². The Bertz CT molecular complexity index is 813. The number of anilines is 1. The van der Waals surface area contributed by atoms with Gasteiger partial charge in [-0.25, -0.2) is 9.59 Å². The minimum Gasteiger partial charge on any atom is -0.508 e. The molecule has 0 aliphatic carbocycles. The van der Waals surface area contributed by atoms with Crippen LogP contribution >= 0.6 is 0 Å². The monoisotopic (exact) mass is 462 g/mol. The van der Waals surface area contributed by atoms with E-state index in [2.05, 4.69) is 16.0 Å². The van der Waals surface area contributed by atoms with E-state index in [-0.39, 0.29) is 17.7 Å². The summed E-state index contributed by atoms with van der Waals surface area (Å²) in [7, 11) is 0. The third-order valence-electron chi connectivity index (χ3n) is 5.16. The predicted octanol–water partition coefficient (Wildman–Crippen LogP) is 3.83. The fraction of sp³-hybridized carbons (Fsp3) is 0.625. The second-order valence-corrected chi connectivity index (χ2v) is 9.85. The van der Waals surface area contributed by atoms with Gasteiger partial charge in [0, 0.05) is 17.8 Å². The summed E-state index contributed by atoms with van der Waals surface area (Å²) in [4.78, 5) is 40.7. The highest BCUT2D eigenvalue weighted by Gasteiger charge is 2.36. The average molecular weight is 463 g/mol. The standard InChI is InChI=1S/C24H38N4O5/c1-16(2)14-20(27-23(32)33-24(3,4)5)21(30)28(18-9-7-12-25-13-11-18)22(31)26-17-8-6-10-19(29)15-17/h6,8,10,15-16,18,20,25,29H,7,9,11-14H2,1-5H3,(H,26,31)(H,27,32)/t18?,20-/m0/s1. The lowest BCUT2D eigenvalue weighted by atomic mass is 10.0. The van der Waals surface area contributed by atoms with E-state index < -0.39 is 29.7 Å². The van der Waals surface area contributed by atoms with Gasteiger partial charge in [0.2, 0.25) is 0 Å². The molecule has 1 aromatic rings. The molecule has 33 heavy (non-hydrogen) atoms. The Hall–Kier alpha value is -2.81. The van der Waals surface area contributed by atoms with Crippen molar-refractivity contribution >= 4 is 23.7 Å². The quantitative estimate of drug-likeness (QED) is 0.510. The molecule has 4 N–H and O–H groups in total. The summed E-state index contributed by atoms with van der Waals surface area (Å²) in [6, 6.07) is 4.35. The van der Waals surface area contributed by atoms with Gasteiger partial charge < -0.3 is 25.8 Å². The third kappa shape index (κ3) is 8.92. The lowest BCUT2D eigenvalue weighted by Gasteiger charge is -2.33. The lowest BCUT2D eigenvalue weighted by molar-refractivity contribution is -0.132. The number of hydrogen-bond donors (Lipinski definition) is 4. The molecular formula is C24H38N4O5. The molecule has 0 radical (unpaired) electrons. The van der Waals surface area contributed by atoms with Gasteiger partial charge in [-0.1, -0.05) is 19.9 Å². The van der Waals surface area contributed by atoms with Crippen molar-refractivity contribution in [1.29, 1.82) is 0 Å². The molecule has 1 fully saturated rings. The van der Waals surface area contributed by atoms with Crippen LogP contribution in [-0.2, 0) is 9.53 Å². The second-order valence-electron chi connectivity index (χ2n) is 9.85. The maximum absolute atomic E-state index is 13.7. The molecule has 1 saturated heterocycles. The minimum absolute atomic E-state index is 0.00798. The summed E-state index contributed by atoms with van der Waals surface area (Å²) in [6.45, 7) is 10.6. The van der Waals surface area contributed by atoms with Gasteiger partial charge in [0.1, 0.15) is 17.4 Å². The predicted molar refractivity (Wildman–Crippen MR) is 127 cm³/mol. The first-order valence-corrected chi connectivity index (χ1v) is 11.6. The number of amides is 4. The molecule has 1 aromatic carbocycles. The van der Waals surface area contributed by atoms with Crippen molar-refractivity contribution in [3.05, 3.63) is 24.3 Å². The highest BCUT2D eigenvalue weighted by Crippen LogP contribution is 2.21. The SMILES string of the molecule is CC(C)C[C@H](NC(=O)OC(C)(C)C)C(=O)N(C(=O)Nc1cccc(O)c1)C1CCCNCC1. The van der Waals surface area contributed by atoms with E-state index >= 15 is 0 Å². The van der Waals surface area contributed by atoms with Crippen LogP contribution in [0, 0.1) is 5.92 Å². The van der Waals surface area contributed by atoms with Gasteiger partial charge in [-0.2, -0.15) is 0 Å². The molecule has 184 valence electrons. The Balaban J connectivity index is 2.31. The summed E-state index contributed by atoms with van der Waals surface area (Å²) in [5.41, 5.74) is -0.334. The van der Waals surface area contributed by atoms with Crippen LogP contribution in [0.15, 0.2) is 24.3 Å². The molecule has 0 bridgehead atoms. The van der Waals surface area contributed by atoms with E-state index in [0.717, 1.165) is 13.0 Å². The summed E-state index contributed by atoms with van der Waals surface area (Å²) >= 11 is 0. The van der Waals surface area contributed by atoms with Gasteiger partial charge in [-0.05, 0) is 77.6 Å². The summed E-state index contributed by atoms with van der Waals surface area (Å²) < 4.78 is 5.36. The number of rotatable bonds is 6. The molecule has 2 atom stereocenters. The van der Waals surface area contributed by atoms with Crippen molar-refractivity contribution in [2.45, 2.75) is 78.0 Å². The zero-order valence-corrected chi connectivity index (χ0v) is 20.3. The number of aromatic hydroxyl groups is 1. The molecule has 9 nitrogen and oxygen atoms in total. The third-order valence-corrected chi connectivity index (χ3v) is 5.16. The Morgan fingerprint density at radius 1 is 1.21 bits per heavy atom. The highest BCUT2D eigenvalue weighted by atomic mass is 16.6. The molecule has 4 amide bonds. The number of hydrogen-bond acceptors (Lipinski definition) is 6. The number of nitrogens with zero attached hydrogens (tertiary/aromatic N) is 1. The van der Waals surface area contributed by atoms with E-state index in [1.807, 2.05) is 13.8 Å². The zero-order chi connectivity index (χ0) is 24.6. The van der Waals surface area contributed by atoms with E-state index in [0.29, 0.717) is 31.5 Å². The largest absolute Gasteiger partial charge is 0.508 e. The average Bonchev–Trinajstić information content (AvgIpc) is 2.95. The number of phenolic OH excluding ortho intramolecular Hbond substituents is 1. The first-order chi connectivity index (χ1) is 15.5. The number of nitrogens with one attached hydrogen (secondary N) is 3. The first-order valence-electron chi connectivity index (χ1n) is 11.6. The van der Waals surface area contributed by atoms with Crippen LogP contribution in [0.4, 0.5) is 15.3 Å². The van der Waals surface area contributed by atoms with Crippen molar-refractivity contribution < 1.29 is 24.2 Å². The molecular weight excluding hydrogens is 424 g/mol. The summed E-state index contributed by atoms with van der Waals surface area (Å²) in [5, 5.41) is 18.4. The Morgan fingerprint density at radius 3 is 2.58 bits per heavy atom. The van der Waals surface area contributed by atoms with E-state index in [4.69, 9.17) is 4.74 Å². The smallest absolute Gasteiger partial charge is 0.408 e. The molecule has 0 saturated carbocycles. The van der Waals surface area contributed by atoms with Gasteiger partial charge in [-0.3, -0.25) is 9.69 Å². The normalized spacial score (nSPS) is 17.6. The van der Waals surface area contributed by atoms with Gasteiger partial charge in [0.15, 0.2) is 0 Å². The van der Waals surface area contributed by atoms with Crippen LogP contribution in [0.1, 0.15) is 60.3 Å². The van der Waals surface area contributed by atoms with E-state index in [1.54, 1.807) is 32.9 Å². The van der Waals surface area contributed by atoms with Gasteiger partial charge in [0.05, 0.1) is 0 Å². The highest BCUT2D eigenvalue weighted by molar-refractivity contribution is 6.04. The maximum atomic E-state index is 13.7. The molecule has 0 aromatic heterocycles. The lowest BCUT2D eigenvalue weighted by Crippen LogP contribution is -2.56. The van der Waals surface area contributed by atoms with Crippen molar-refractivity contribution in [1.82, 2.24) is 15.5 Å². The number of carbonyl (C=O) groups is 3. The number of benzene rings is 1. The number of alkyl carbamates (subject to hydrolysis) is 1. The Labute approximate surface area is 196 Å². The number of imide groups is 1. The molecule has 1 unspecified atom stereocenters. The van der Waals surface area contributed by atoms with Crippen molar-refractivity contribution in [3.8, 4) is 5.75 Å². The molecule has 1 heterocycles. The van der Waals surface area contributed by atoms with Crippen molar-refractivity contribution in [2.24, 2.45) is 5.92 Å². The summed E-state index contributed by atoms with van der Waals surface area (Å²) in [5.74, 6) is -0.367. The van der Waals surface area contributed by atoms with E-state index in [9.17, 15) is 19.5 Å². The topological polar surface area (TPSA) is 120 Å². The van der Waals surface area contributed by atoms with Crippen LogP contribution in [0.25, 0.3) is 0 Å². The Morgan fingerprint density at radius 2 is 1.94 bits per heavy atom. The first kappa shape index (κ1) is 26.4. The molecule has 0 spiro atoms. The van der Waals surface area contributed by atoms with Crippen LogP contribution < -0.4 is 16.0 Å². The van der Waals surface area contributed by atoms with Gasteiger partial charge >= 0.3 is 12.1 Å². The fourth-order valence-corrected chi connectivity index (χ4v) is 3.78. The molecule has 2 rings (SSSR count). The number of phenols is 1. The Kier molecular flexibility index (Phi) is 9.52. The van der Waals surface area contributed by atoms with Crippen LogP contribution in [-0.4, -0.2) is 58.8 Å². The van der Waals surface area contributed by atoms with E-state index in [1.165, 1.54) is 17.0 Å². The fourth-order valence-electron chi connectivity index (χ4n) is 3.78. The molecule has 1 aliphatic rings. The second kappa shape index (κ2) is 11.9. The zero-order valence-electron chi connectivity index (χ0n) is 20.3. The van der Waals surface area contributed by atoms with Crippen LogP contribution in [0.5, 0.6) is 5.75 Å². The number of urea groups is 1. The van der Waals surface area contributed by atoms with Crippen molar-refractivity contribution in [2.75, 3.05) is 18.4 Å². The van der Waals surface area contributed by atoms with Crippen LogP contribution in [0.2, 0.25) is 0 Å². The summed E-state index contributed by atoms with van der Waals surface area (Å²) in [6.07, 6.45) is 1.76. The van der Waals surface area contributed by atoms with Crippen LogP contribution in [0.3, 0.4) is 0 Å². The number of ether oxygens (including phenoxy) is 1. The molecule has 1 aliphatic heterocycles. The minimum atomic E-state index is -0.911. The molecule has 9 heteroatoms.